The lowest BCUT2D eigenvalue weighted by molar-refractivity contribution is 0.326. The summed E-state index contributed by atoms with van der Waals surface area (Å²) in [6.45, 7) is 4.60. The Kier molecular flexibility index (Phi) is 4.51. The Morgan fingerprint density at radius 2 is 1.85 bits per heavy atom. The van der Waals surface area contributed by atoms with Crippen molar-refractivity contribution in [3.63, 3.8) is 0 Å². The normalized spacial score (nSPS) is 17.4. The van der Waals surface area contributed by atoms with Crippen LogP contribution in [0.15, 0.2) is 53.1 Å². The van der Waals surface area contributed by atoms with Crippen LogP contribution in [-0.2, 0) is 0 Å². The smallest absolute Gasteiger partial charge is 0.125 e. The minimum absolute atomic E-state index is 0.147. The van der Waals surface area contributed by atoms with Crippen molar-refractivity contribution >= 4 is 0 Å². The zero-order chi connectivity index (χ0) is 13.6. The summed E-state index contributed by atoms with van der Waals surface area (Å²) in [7, 11) is 0. The Labute approximate surface area is 120 Å². The summed E-state index contributed by atoms with van der Waals surface area (Å²) >= 11 is 0. The molecule has 1 aliphatic rings. The van der Waals surface area contributed by atoms with Gasteiger partial charge in [-0.2, -0.15) is 0 Å². The molecule has 1 unspecified atom stereocenters. The lowest BCUT2D eigenvalue weighted by Crippen LogP contribution is -2.32. The maximum Gasteiger partial charge on any atom is 0.125 e. The zero-order valence-electron chi connectivity index (χ0n) is 11.8. The third-order valence-electron chi connectivity index (χ3n) is 3.94. The molecule has 20 heavy (non-hydrogen) atoms. The molecule has 0 radical (unpaired) electrons. The summed E-state index contributed by atoms with van der Waals surface area (Å²) in [5.41, 5.74) is 1.25. The van der Waals surface area contributed by atoms with E-state index in [9.17, 15) is 0 Å². The van der Waals surface area contributed by atoms with Crippen LogP contribution in [0.4, 0.5) is 0 Å². The van der Waals surface area contributed by atoms with Crippen molar-refractivity contribution in [2.75, 3.05) is 26.2 Å². The standard InChI is InChI=1S/C17H22N2O/c1-2-7-15(8-3-1)17(16-9-6-14-20-16)18-10-13-19-11-4-5-12-19/h1-3,6-9,14,17-18H,4-5,10-13H2. The number of rotatable bonds is 6. The fraction of sp³-hybridized carbons (Fsp3) is 0.412. The topological polar surface area (TPSA) is 28.4 Å². The summed E-state index contributed by atoms with van der Waals surface area (Å²) in [5, 5.41) is 3.63. The van der Waals surface area contributed by atoms with E-state index in [0.29, 0.717) is 0 Å². The number of furan rings is 1. The molecule has 0 amide bonds. The van der Waals surface area contributed by atoms with Gasteiger partial charge in [0.1, 0.15) is 5.76 Å². The number of hydrogen-bond acceptors (Lipinski definition) is 3. The zero-order valence-corrected chi connectivity index (χ0v) is 11.8. The summed E-state index contributed by atoms with van der Waals surface area (Å²) in [6.07, 6.45) is 4.44. The Hall–Kier alpha value is -1.58. The molecule has 2 aromatic rings. The van der Waals surface area contributed by atoms with Gasteiger partial charge in [0, 0.05) is 13.1 Å². The molecule has 0 bridgehead atoms. The molecule has 1 aliphatic heterocycles. The second-order valence-electron chi connectivity index (χ2n) is 5.36. The molecular weight excluding hydrogens is 248 g/mol. The van der Waals surface area contributed by atoms with Crippen molar-refractivity contribution in [3.8, 4) is 0 Å². The molecule has 1 aromatic carbocycles. The summed E-state index contributed by atoms with van der Waals surface area (Å²) in [5.74, 6) is 0.984. The van der Waals surface area contributed by atoms with Gasteiger partial charge in [0.25, 0.3) is 0 Å². The van der Waals surface area contributed by atoms with E-state index < -0.39 is 0 Å². The predicted octanol–water partition coefficient (Wildman–Crippen LogP) is 3.05. The molecule has 1 aromatic heterocycles. The van der Waals surface area contributed by atoms with E-state index in [1.807, 2.05) is 18.2 Å². The van der Waals surface area contributed by atoms with Crippen LogP contribution in [-0.4, -0.2) is 31.1 Å². The highest BCUT2D eigenvalue weighted by molar-refractivity contribution is 5.26. The van der Waals surface area contributed by atoms with Crippen LogP contribution in [0, 0.1) is 0 Å². The maximum atomic E-state index is 5.60. The summed E-state index contributed by atoms with van der Waals surface area (Å²) in [4.78, 5) is 2.52. The van der Waals surface area contributed by atoms with Crippen LogP contribution in [0.5, 0.6) is 0 Å². The Balaban J connectivity index is 1.63. The molecule has 106 valence electrons. The third kappa shape index (κ3) is 3.30. The number of nitrogens with one attached hydrogen (secondary N) is 1. The van der Waals surface area contributed by atoms with Crippen LogP contribution < -0.4 is 5.32 Å². The maximum absolute atomic E-state index is 5.60. The van der Waals surface area contributed by atoms with Crippen LogP contribution in [0.1, 0.15) is 30.2 Å². The van der Waals surface area contributed by atoms with Gasteiger partial charge in [-0.3, -0.25) is 0 Å². The minimum atomic E-state index is 0.147. The molecule has 2 heterocycles. The third-order valence-corrected chi connectivity index (χ3v) is 3.94. The second-order valence-corrected chi connectivity index (χ2v) is 5.36. The first kappa shape index (κ1) is 13.4. The summed E-state index contributed by atoms with van der Waals surface area (Å²) < 4.78 is 5.60. The number of likely N-dealkylation sites (tertiary alicyclic amines) is 1. The molecule has 1 atom stereocenters. The fourth-order valence-corrected chi connectivity index (χ4v) is 2.86. The number of benzene rings is 1. The quantitative estimate of drug-likeness (QED) is 0.874. The Bertz CT molecular complexity index is 489. The largest absolute Gasteiger partial charge is 0.467 e. The van der Waals surface area contributed by atoms with Crippen LogP contribution >= 0.6 is 0 Å². The van der Waals surface area contributed by atoms with Gasteiger partial charge in [0.15, 0.2) is 0 Å². The molecular formula is C17H22N2O. The molecule has 1 N–H and O–H groups in total. The highest BCUT2D eigenvalue weighted by Crippen LogP contribution is 2.22. The van der Waals surface area contributed by atoms with Crippen molar-refractivity contribution in [1.82, 2.24) is 10.2 Å². The monoisotopic (exact) mass is 270 g/mol. The van der Waals surface area contributed by atoms with E-state index in [2.05, 4.69) is 34.5 Å². The highest BCUT2D eigenvalue weighted by Gasteiger charge is 2.17. The first-order chi connectivity index (χ1) is 9.93. The van der Waals surface area contributed by atoms with E-state index in [-0.39, 0.29) is 6.04 Å². The Morgan fingerprint density at radius 3 is 2.55 bits per heavy atom. The molecule has 3 heteroatoms. The lowest BCUT2D eigenvalue weighted by atomic mass is 10.0. The molecule has 0 aliphatic carbocycles. The van der Waals surface area contributed by atoms with Gasteiger partial charge in [-0.1, -0.05) is 30.3 Å². The van der Waals surface area contributed by atoms with Crippen LogP contribution in [0.25, 0.3) is 0 Å². The molecule has 0 saturated carbocycles. The van der Waals surface area contributed by atoms with Crippen molar-refractivity contribution in [1.29, 1.82) is 0 Å². The Morgan fingerprint density at radius 1 is 1.05 bits per heavy atom. The van der Waals surface area contributed by atoms with Gasteiger partial charge in [-0.15, -0.1) is 0 Å². The van der Waals surface area contributed by atoms with Crippen molar-refractivity contribution in [2.45, 2.75) is 18.9 Å². The van der Waals surface area contributed by atoms with Crippen LogP contribution in [0.3, 0.4) is 0 Å². The SMILES string of the molecule is c1ccc(C(NCCN2CCCC2)c2ccco2)cc1. The van der Waals surface area contributed by atoms with E-state index in [1.54, 1.807) is 6.26 Å². The van der Waals surface area contributed by atoms with Gasteiger partial charge in [-0.05, 0) is 43.6 Å². The highest BCUT2D eigenvalue weighted by atomic mass is 16.3. The van der Waals surface area contributed by atoms with E-state index in [0.717, 1.165) is 18.8 Å². The molecule has 0 spiro atoms. The van der Waals surface area contributed by atoms with Gasteiger partial charge >= 0.3 is 0 Å². The van der Waals surface area contributed by atoms with Crippen molar-refractivity contribution < 1.29 is 4.42 Å². The average Bonchev–Trinajstić information content (AvgIpc) is 3.18. The minimum Gasteiger partial charge on any atom is -0.467 e. The predicted molar refractivity (Wildman–Crippen MR) is 80.7 cm³/mol. The molecule has 3 nitrogen and oxygen atoms in total. The van der Waals surface area contributed by atoms with Gasteiger partial charge in [0.2, 0.25) is 0 Å². The van der Waals surface area contributed by atoms with E-state index in [4.69, 9.17) is 4.42 Å². The van der Waals surface area contributed by atoms with Crippen LogP contribution in [0.2, 0.25) is 0 Å². The first-order valence-corrected chi connectivity index (χ1v) is 7.47. The number of nitrogens with zero attached hydrogens (tertiary/aromatic N) is 1. The molecule has 3 rings (SSSR count). The fourth-order valence-electron chi connectivity index (χ4n) is 2.86. The van der Waals surface area contributed by atoms with Crippen molar-refractivity contribution in [2.24, 2.45) is 0 Å². The second kappa shape index (κ2) is 6.73. The van der Waals surface area contributed by atoms with E-state index in [1.165, 1.54) is 31.5 Å². The van der Waals surface area contributed by atoms with E-state index >= 15 is 0 Å². The van der Waals surface area contributed by atoms with Gasteiger partial charge in [0.05, 0.1) is 12.3 Å². The van der Waals surface area contributed by atoms with Crippen molar-refractivity contribution in [3.05, 3.63) is 60.1 Å². The first-order valence-electron chi connectivity index (χ1n) is 7.47. The average molecular weight is 270 g/mol. The van der Waals surface area contributed by atoms with Gasteiger partial charge < -0.3 is 14.6 Å². The molecule has 1 fully saturated rings. The lowest BCUT2D eigenvalue weighted by Gasteiger charge is -2.20. The number of hydrogen-bond donors (Lipinski definition) is 1. The van der Waals surface area contributed by atoms with Gasteiger partial charge in [-0.25, -0.2) is 0 Å². The molecule has 1 saturated heterocycles. The summed E-state index contributed by atoms with van der Waals surface area (Å²) in [6, 6.07) is 14.6.